The van der Waals surface area contributed by atoms with E-state index in [1.165, 1.54) is 0 Å². The van der Waals surface area contributed by atoms with Crippen LogP contribution in [0.1, 0.15) is 5.82 Å². The number of para-hydroxylation sites is 2. The van der Waals surface area contributed by atoms with Gasteiger partial charge < -0.3 is 9.47 Å². The second kappa shape index (κ2) is 10.2. The molecule has 0 aliphatic rings. The van der Waals surface area contributed by atoms with E-state index in [9.17, 15) is 0 Å². The van der Waals surface area contributed by atoms with Crippen LogP contribution in [0.25, 0.3) is 5.69 Å². The molecule has 0 radical (unpaired) electrons. The standard InChI is InChI=1S/C23H20ClN3O2S/c24-18-11-13-21(14-12-18)29-17-22-25-26-23(27(22)19-7-3-1-4-8-19)30-16-15-28-20-9-5-2-6-10-20/h1-14H,15-17H2. The molecule has 0 spiro atoms. The Morgan fingerprint density at radius 1 is 0.767 bits per heavy atom. The van der Waals surface area contributed by atoms with E-state index < -0.39 is 0 Å². The smallest absolute Gasteiger partial charge is 0.196 e. The number of aromatic nitrogens is 3. The molecule has 0 N–H and O–H groups in total. The lowest BCUT2D eigenvalue weighted by Crippen LogP contribution is -2.07. The van der Waals surface area contributed by atoms with Crippen molar-refractivity contribution in [2.75, 3.05) is 12.4 Å². The molecule has 1 aromatic heterocycles. The van der Waals surface area contributed by atoms with E-state index in [4.69, 9.17) is 21.1 Å². The highest BCUT2D eigenvalue weighted by Gasteiger charge is 2.15. The van der Waals surface area contributed by atoms with Crippen molar-refractivity contribution in [3.05, 3.63) is 95.8 Å². The highest BCUT2D eigenvalue weighted by molar-refractivity contribution is 7.99. The molecule has 0 atom stereocenters. The van der Waals surface area contributed by atoms with Crippen LogP contribution in [0.5, 0.6) is 11.5 Å². The van der Waals surface area contributed by atoms with Crippen molar-refractivity contribution in [2.45, 2.75) is 11.8 Å². The topological polar surface area (TPSA) is 49.2 Å². The van der Waals surface area contributed by atoms with Crippen LogP contribution < -0.4 is 9.47 Å². The summed E-state index contributed by atoms with van der Waals surface area (Å²) in [6.07, 6.45) is 0. The molecule has 0 aliphatic heterocycles. The van der Waals surface area contributed by atoms with Crippen molar-refractivity contribution in [1.82, 2.24) is 14.8 Å². The Morgan fingerprint density at radius 3 is 2.17 bits per heavy atom. The Bertz CT molecular complexity index is 1060. The van der Waals surface area contributed by atoms with Gasteiger partial charge in [0.15, 0.2) is 11.0 Å². The van der Waals surface area contributed by atoms with Crippen LogP contribution >= 0.6 is 23.4 Å². The van der Waals surface area contributed by atoms with Gasteiger partial charge in [-0.15, -0.1) is 10.2 Å². The molecule has 4 rings (SSSR count). The first-order valence-corrected chi connectivity index (χ1v) is 10.8. The predicted octanol–water partition coefficient (Wildman–Crippen LogP) is 5.67. The first-order chi connectivity index (χ1) is 14.8. The van der Waals surface area contributed by atoms with Crippen molar-refractivity contribution in [3.63, 3.8) is 0 Å². The van der Waals surface area contributed by atoms with Crippen LogP contribution in [-0.4, -0.2) is 27.1 Å². The number of benzene rings is 3. The first-order valence-electron chi connectivity index (χ1n) is 9.48. The highest BCUT2D eigenvalue weighted by atomic mass is 35.5. The van der Waals surface area contributed by atoms with Gasteiger partial charge in [-0.05, 0) is 48.5 Å². The van der Waals surface area contributed by atoms with E-state index in [2.05, 4.69) is 10.2 Å². The Morgan fingerprint density at radius 2 is 1.43 bits per heavy atom. The van der Waals surface area contributed by atoms with Gasteiger partial charge in [0.25, 0.3) is 0 Å². The van der Waals surface area contributed by atoms with Crippen molar-refractivity contribution in [1.29, 1.82) is 0 Å². The van der Waals surface area contributed by atoms with Gasteiger partial charge in [0, 0.05) is 16.5 Å². The number of hydrogen-bond donors (Lipinski definition) is 0. The monoisotopic (exact) mass is 437 g/mol. The number of halogens is 1. The summed E-state index contributed by atoms with van der Waals surface area (Å²) in [6, 6.07) is 27.1. The zero-order valence-electron chi connectivity index (χ0n) is 16.1. The zero-order valence-corrected chi connectivity index (χ0v) is 17.7. The molecule has 1 heterocycles. The number of hydrogen-bond acceptors (Lipinski definition) is 5. The van der Waals surface area contributed by atoms with Crippen LogP contribution in [0, 0.1) is 0 Å². The van der Waals surface area contributed by atoms with Gasteiger partial charge in [-0.3, -0.25) is 4.57 Å². The van der Waals surface area contributed by atoms with E-state index in [1.54, 1.807) is 23.9 Å². The minimum Gasteiger partial charge on any atom is -0.493 e. The zero-order chi connectivity index (χ0) is 20.6. The van der Waals surface area contributed by atoms with Gasteiger partial charge in [0.2, 0.25) is 0 Å². The Kier molecular flexibility index (Phi) is 6.90. The van der Waals surface area contributed by atoms with Gasteiger partial charge in [-0.1, -0.05) is 59.8 Å². The molecule has 0 bridgehead atoms. The van der Waals surface area contributed by atoms with E-state index in [0.717, 1.165) is 33.9 Å². The summed E-state index contributed by atoms with van der Waals surface area (Å²) >= 11 is 7.54. The predicted molar refractivity (Wildman–Crippen MR) is 120 cm³/mol. The fourth-order valence-corrected chi connectivity index (χ4v) is 3.73. The molecule has 0 amide bonds. The SMILES string of the molecule is Clc1ccc(OCc2nnc(SCCOc3ccccc3)n2-c2ccccc2)cc1. The largest absolute Gasteiger partial charge is 0.493 e. The van der Waals surface area contributed by atoms with Crippen LogP contribution in [0.3, 0.4) is 0 Å². The molecule has 0 unspecified atom stereocenters. The average molecular weight is 438 g/mol. The van der Waals surface area contributed by atoms with Crippen molar-refractivity contribution in [2.24, 2.45) is 0 Å². The van der Waals surface area contributed by atoms with Crippen LogP contribution in [0.4, 0.5) is 0 Å². The van der Waals surface area contributed by atoms with Crippen LogP contribution in [-0.2, 0) is 6.61 Å². The number of ether oxygens (including phenoxy) is 2. The van der Waals surface area contributed by atoms with Crippen molar-refractivity contribution >= 4 is 23.4 Å². The molecular formula is C23H20ClN3O2S. The number of rotatable bonds is 9. The molecule has 0 saturated carbocycles. The van der Waals surface area contributed by atoms with Gasteiger partial charge in [-0.25, -0.2) is 0 Å². The Balaban J connectivity index is 1.45. The van der Waals surface area contributed by atoms with E-state index in [1.807, 2.05) is 77.4 Å². The summed E-state index contributed by atoms with van der Waals surface area (Å²) in [4.78, 5) is 0. The summed E-state index contributed by atoms with van der Waals surface area (Å²) < 4.78 is 13.7. The summed E-state index contributed by atoms with van der Waals surface area (Å²) in [7, 11) is 0. The normalized spacial score (nSPS) is 10.7. The van der Waals surface area contributed by atoms with Crippen LogP contribution in [0.15, 0.2) is 90.1 Å². The molecular weight excluding hydrogens is 418 g/mol. The Labute approximate surface area is 184 Å². The van der Waals surface area contributed by atoms with Gasteiger partial charge in [0.05, 0.1) is 6.61 Å². The van der Waals surface area contributed by atoms with Gasteiger partial charge in [-0.2, -0.15) is 0 Å². The van der Waals surface area contributed by atoms with Crippen LogP contribution in [0.2, 0.25) is 5.02 Å². The minimum atomic E-state index is 0.296. The van der Waals surface area contributed by atoms with Gasteiger partial charge >= 0.3 is 0 Å². The average Bonchev–Trinajstić information content (AvgIpc) is 3.20. The van der Waals surface area contributed by atoms with E-state index >= 15 is 0 Å². The third-order valence-electron chi connectivity index (χ3n) is 4.22. The second-order valence-corrected chi connectivity index (χ2v) is 7.82. The molecule has 0 aliphatic carbocycles. The quantitative estimate of drug-likeness (QED) is 0.249. The van der Waals surface area contributed by atoms with Crippen molar-refractivity contribution < 1.29 is 9.47 Å². The first kappa shape index (κ1) is 20.3. The molecule has 0 saturated heterocycles. The maximum Gasteiger partial charge on any atom is 0.196 e. The highest BCUT2D eigenvalue weighted by Crippen LogP contribution is 2.24. The Hall–Kier alpha value is -2.96. The number of thioether (sulfide) groups is 1. The second-order valence-electron chi connectivity index (χ2n) is 6.32. The molecule has 5 nitrogen and oxygen atoms in total. The van der Waals surface area contributed by atoms with Gasteiger partial charge in [0.1, 0.15) is 18.1 Å². The summed E-state index contributed by atoms with van der Waals surface area (Å²) in [5.74, 6) is 3.06. The molecule has 3 aromatic carbocycles. The maximum atomic E-state index is 5.94. The van der Waals surface area contributed by atoms with E-state index in [-0.39, 0.29) is 0 Å². The maximum absolute atomic E-state index is 5.94. The fourth-order valence-electron chi connectivity index (χ4n) is 2.81. The molecule has 30 heavy (non-hydrogen) atoms. The summed E-state index contributed by atoms with van der Waals surface area (Å²) in [6.45, 7) is 0.873. The lowest BCUT2D eigenvalue weighted by Gasteiger charge is -2.11. The molecule has 7 heteroatoms. The minimum absolute atomic E-state index is 0.296. The molecule has 152 valence electrons. The van der Waals surface area contributed by atoms with E-state index in [0.29, 0.717) is 18.2 Å². The lowest BCUT2D eigenvalue weighted by molar-refractivity contribution is 0.293. The fraction of sp³-hybridized carbons (Fsp3) is 0.130. The molecule has 0 fully saturated rings. The third kappa shape index (κ3) is 5.34. The molecule has 4 aromatic rings. The van der Waals surface area contributed by atoms with Crippen molar-refractivity contribution in [3.8, 4) is 17.2 Å². The third-order valence-corrected chi connectivity index (χ3v) is 5.37. The lowest BCUT2D eigenvalue weighted by atomic mass is 10.3. The summed E-state index contributed by atoms with van der Waals surface area (Å²) in [5, 5.41) is 10.2. The number of nitrogens with zero attached hydrogens (tertiary/aromatic N) is 3. The summed E-state index contributed by atoms with van der Waals surface area (Å²) in [5.41, 5.74) is 0.990.